The molecule has 0 radical (unpaired) electrons. The number of carbonyl (C=O) groups is 1. The monoisotopic (exact) mass is 302 g/mol. The van der Waals surface area contributed by atoms with Gasteiger partial charge in [0.2, 0.25) is 0 Å². The lowest BCUT2D eigenvalue weighted by molar-refractivity contribution is -0.0320. The lowest BCUT2D eigenvalue weighted by Crippen LogP contribution is -2.68. The van der Waals surface area contributed by atoms with Crippen molar-refractivity contribution in [1.29, 1.82) is 0 Å². The number of nitrogens with one attached hydrogen (secondary N) is 1. The molecule has 1 aromatic carbocycles. The molecule has 1 aromatic rings. The summed E-state index contributed by atoms with van der Waals surface area (Å²) in [5.41, 5.74) is 7.39. The van der Waals surface area contributed by atoms with Gasteiger partial charge in [0.15, 0.2) is 0 Å². The van der Waals surface area contributed by atoms with Gasteiger partial charge in [-0.15, -0.1) is 0 Å². The molecule has 3 nitrogen and oxygen atoms in total. The second-order valence-electron chi connectivity index (χ2n) is 8.02. The van der Waals surface area contributed by atoms with E-state index in [1.54, 1.807) is 19.1 Å². The molecule has 5 rings (SSSR count). The minimum Gasteiger partial charge on any atom is -0.347 e. The van der Waals surface area contributed by atoms with Gasteiger partial charge in [0, 0.05) is 16.6 Å². The van der Waals surface area contributed by atoms with Crippen molar-refractivity contribution in [3.8, 4) is 0 Å². The van der Waals surface area contributed by atoms with Crippen molar-refractivity contribution in [2.45, 2.75) is 56.5 Å². The number of rotatable bonds is 2. The Morgan fingerprint density at radius 2 is 1.95 bits per heavy atom. The number of hydrogen-bond acceptors (Lipinski definition) is 2. The van der Waals surface area contributed by atoms with Crippen LogP contribution in [0.15, 0.2) is 18.2 Å². The van der Waals surface area contributed by atoms with Gasteiger partial charge in [-0.2, -0.15) is 0 Å². The molecule has 4 saturated carbocycles. The van der Waals surface area contributed by atoms with Gasteiger partial charge in [0.1, 0.15) is 5.82 Å². The largest absolute Gasteiger partial charge is 0.347 e. The van der Waals surface area contributed by atoms with Crippen LogP contribution in [-0.2, 0) is 0 Å². The molecule has 4 heteroatoms. The van der Waals surface area contributed by atoms with Crippen LogP contribution in [0.4, 0.5) is 4.39 Å². The van der Waals surface area contributed by atoms with E-state index >= 15 is 0 Å². The maximum absolute atomic E-state index is 13.4. The van der Waals surface area contributed by atoms with Crippen LogP contribution in [0.3, 0.4) is 0 Å². The molecule has 1 amide bonds. The minimum absolute atomic E-state index is 0.0872. The molecule has 118 valence electrons. The smallest absolute Gasteiger partial charge is 0.251 e. The van der Waals surface area contributed by atoms with Gasteiger partial charge in [-0.1, -0.05) is 0 Å². The Bertz CT molecular complexity index is 628. The number of amides is 1. The summed E-state index contributed by atoms with van der Waals surface area (Å²) < 4.78 is 13.4. The molecule has 4 fully saturated rings. The van der Waals surface area contributed by atoms with E-state index in [9.17, 15) is 9.18 Å². The lowest BCUT2D eigenvalue weighted by atomic mass is 9.50. The average Bonchev–Trinajstić information content (AvgIpc) is 2.38. The molecule has 0 aliphatic heterocycles. The summed E-state index contributed by atoms with van der Waals surface area (Å²) in [6.07, 6.45) is 6.47. The molecular formula is C18H23FN2O. The van der Waals surface area contributed by atoms with Crippen molar-refractivity contribution in [2.24, 2.45) is 17.6 Å². The molecule has 4 aliphatic rings. The Balaban J connectivity index is 1.57. The van der Waals surface area contributed by atoms with E-state index in [-0.39, 0.29) is 22.8 Å². The van der Waals surface area contributed by atoms with Crippen molar-refractivity contribution in [2.75, 3.05) is 0 Å². The zero-order chi connectivity index (χ0) is 15.5. The fourth-order valence-electron chi connectivity index (χ4n) is 5.58. The fourth-order valence-corrected chi connectivity index (χ4v) is 5.58. The van der Waals surface area contributed by atoms with Gasteiger partial charge >= 0.3 is 0 Å². The SMILES string of the molecule is Cc1cc(C(=O)NC23CC4CC(CC(N)(C4)C2)C3)ccc1F. The lowest BCUT2D eigenvalue weighted by Gasteiger charge is -2.61. The van der Waals surface area contributed by atoms with Gasteiger partial charge in [0.25, 0.3) is 5.91 Å². The predicted molar refractivity (Wildman–Crippen MR) is 82.9 cm³/mol. The molecule has 4 aliphatic carbocycles. The van der Waals surface area contributed by atoms with Crippen molar-refractivity contribution < 1.29 is 9.18 Å². The molecule has 2 atom stereocenters. The quantitative estimate of drug-likeness (QED) is 0.882. The third-order valence-electron chi connectivity index (χ3n) is 5.91. The van der Waals surface area contributed by atoms with E-state index in [2.05, 4.69) is 5.32 Å². The number of halogens is 1. The number of carbonyl (C=O) groups excluding carboxylic acids is 1. The Morgan fingerprint density at radius 1 is 1.27 bits per heavy atom. The maximum Gasteiger partial charge on any atom is 0.251 e. The van der Waals surface area contributed by atoms with Gasteiger partial charge < -0.3 is 11.1 Å². The Morgan fingerprint density at radius 3 is 2.55 bits per heavy atom. The summed E-state index contributed by atoms with van der Waals surface area (Å²) in [6.45, 7) is 1.69. The van der Waals surface area contributed by atoms with Crippen LogP contribution in [0, 0.1) is 24.6 Å². The van der Waals surface area contributed by atoms with Crippen LogP contribution < -0.4 is 11.1 Å². The minimum atomic E-state index is -0.271. The van der Waals surface area contributed by atoms with E-state index in [0.717, 1.165) is 32.1 Å². The highest BCUT2D eigenvalue weighted by Gasteiger charge is 2.56. The number of benzene rings is 1. The summed E-state index contributed by atoms with van der Waals surface area (Å²) in [5, 5.41) is 3.27. The number of aryl methyl sites for hydroxylation is 1. The number of nitrogens with two attached hydrogens (primary N) is 1. The first-order valence-corrected chi connectivity index (χ1v) is 8.24. The Hall–Kier alpha value is -1.42. The first kappa shape index (κ1) is 14.2. The van der Waals surface area contributed by atoms with Crippen LogP contribution in [0.2, 0.25) is 0 Å². The molecule has 3 N–H and O–H groups in total. The van der Waals surface area contributed by atoms with Crippen LogP contribution in [-0.4, -0.2) is 17.0 Å². The first-order valence-electron chi connectivity index (χ1n) is 8.24. The van der Waals surface area contributed by atoms with Crippen molar-refractivity contribution in [3.63, 3.8) is 0 Å². The van der Waals surface area contributed by atoms with Crippen LogP contribution in [0.5, 0.6) is 0 Å². The van der Waals surface area contributed by atoms with E-state index in [1.165, 1.54) is 12.5 Å². The third kappa shape index (κ3) is 2.24. The van der Waals surface area contributed by atoms with Gasteiger partial charge in [-0.3, -0.25) is 4.79 Å². The second-order valence-corrected chi connectivity index (χ2v) is 8.02. The summed E-state index contributed by atoms with van der Waals surface area (Å²) in [5.74, 6) is 0.948. The molecule has 0 aromatic heterocycles. The first-order chi connectivity index (χ1) is 10.4. The molecule has 0 spiro atoms. The highest BCUT2D eigenvalue weighted by atomic mass is 19.1. The summed E-state index contributed by atoms with van der Waals surface area (Å²) in [6, 6.07) is 4.56. The van der Waals surface area contributed by atoms with E-state index in [4.69, 9.17) is 5.73 Å². The molecule has 4 bridgehead atoms. The summed E-state index contributed by atoms with van der Waals surface area (Å²) in [4.78, 5) is 12.6. The van der Waals surface area contributed by atoms with Crippen LogP contribution in [0.25, 0.3) is 0 Å². The van der Waals surface area contributed by atoms with Gasteiger partial charge in [-0.25, -0.2) is 4.39 Å². The Labute approximate surface area is 130 Å². The van der Waals surface area contributed by atoms with Crippen LogP contribution >= 0.6 is 0 Å². The van der Waals surface area contributed by atoms with Gasteiger partial charge in [-0.05, 0) is 81.0 Å². The zero-order valence-corrected chi connectivity index (χ0v) is 13.0. The van der Waals surface area contributed by atoms with E-state index < -0.39 is 0 Å². The van der Waals surface area contributed by atoms with Crippen molar-refractivity contribution >= 4 is 5.91 Å². The second kappa shape index (κ2) is 4.54. The topological polar surface area (TPSA) is 55.1 Å². The fraction of sp³-hybridized carbons (Fsp3) is 0.611. The highest BCUT2D eigenvalue weighted by Crippen LogP contribution is 2.56. The van der Waals surface area contributed by atoms with E-state index in [0.29, 0.717) is 23.0 Å². The highest BCUT2D eigenvalue weighted by molar-refractivity contribution is 5.95. The molecule has 0 heterocycles. The zero-order valence-electron chi connectivity index (χ0n) is 13.0. The third-order valence-corrected chi connectivity index (χ3v) is 5.91. The van der Waals surface area contributed by atoms with E-state index in [1.807, 2.05) is 0 Å². The van der Waals surface area contributed by atoms with Gasteiger partial charge in [0.05, 0.1) is 0 Å². The normalized spacial score (nSPS) is 39.0. The average molecular weight is 302 g/mol. The molecule has 0 saturated heterocycles. The molecule has 2 unspecified atom stereocenters. The predicted octanol–water partition coefficient (Wildman–Crippen LogP) is 2.91. The summed E-state index contributed by atoms with van der Waals surface area (Å²) in [7, 11) is 0. The van der Waals surface area contributed by atoms with Crippen molar-refractivity contribution in [3.05, 3.63) is 35.1 Å². The molecule has 22 heavy (non-hydrogen) atoms. The molecular weight excluding hydrogens is 279 g/mol. The maximum atomic E-state index is 13.4. The van der Waals surface area contributed by atoms with Crippen LogP contribution in [0.1, 0.15) is 54.4 Å². The van der Waals surface area contributed by atoms with Crippen molar-refractivity contribution in [1.82, 2.24) is 5.32 Å². The summed E-state index contributed by atoms with van der Waals surface area (Å²) >= 11 is 0. The number of hydrogen-bond donors (Lipinski definition) is 2. The Kier molecular flexibility index (Phi) is 2.93. The standard InChI is InChI=1S/C18H23FN2O/c1-11-4-14(2-3-15(11)19)16(22)21-18-8-12-5-13(9-18)7-17(20,6-12)10-18/h2-4,12-13H,5-10,20H2,1H3,(H,21,22).